The molecule has 0 saturated heterocycles. The fourth-order valence-corrected chi connectivity index (χ4v) is 3.11. The quantitative estimate of drug-likeness (QED) is 0.196. The number of methoxy groups -OCH3 is 1. The van der Waals surface area contributed by atoms with Crippen molar-refractivity contribution in [3.05, 3.63) is 59.7 Å². The van der Waals surface area contributed by atoms with Crippen molar-refractivity contribution < 1.29 is 28.6 Å². The summed E-state index contributed by atoms with van der Waals surface area (Å²) in [5.74, 6) is 0.347. The number of para-hydroxylation sites is 1. The van der Waals surface area contributed by atoms with Crippen molar-refractivity contribution in [3.63, 3.8) is 0 Å². The van der Waals surface area contributed by atoms with Crippen LogP contribution in [0.15, 0.2) is 48.5 Å². The molecule has 2 aromatic rings. The van der Waals surface area contributed by atoms with E-state index in [1.165, 1.54) is 0 Å². The highest BCUT2D eigenvalue weighted by molar-refractivity contribution is 6.00. The smallest absolute Gasteiger partial charge is 0.311 e. The minimum Gasteiger partial charge on any atom is -0.497 e. The molecule has 0 saturated carbocycles. The van der Waals surface area contributed by atoms with Gasteiger partial charge in [-0.3, -0.25) is 14.4 Å². The van der Waals surface area contributed by atoms with Crippen LogP contribution in [-0.2, 0) is 20.7 Å². The molecule has 0 spiro atoms. The topological polar surface area (TPSA) is 78.9 Å². The van der Waals surface area contributed by atoms with E-state index in [2.05, 4.69) is 0 Å². The second-order valence-corrected chi connectivity index (χ2v) is 7.14. The molecule has 166 valence electrons. The molecule has 0 aliphatic carbocycles. The van der Waals surface area contributed by atoms with Crippen molar-refractivity contribution in [1.29, 1.82) is 0 Å². The van der Waals surface area contributed by atoms with Gasteiger partial charge in [-0.1, -0.05) is 37.1 Å². The van der Waals surface area contributed by atoms with Gasteiger partial charge in [-0.05, 0) is 49.6 Å². The van der Waals surface area contributed by atoms with Gasteiger partial charge in [0.2, 0.25) is 0 Å². The molecule has 0 aliphatic rings. The van der Waals surface area contributed by atoms with Gasteiger partial charge < -0.3 is 14.2 Å². The lowest BCUT2D eigenvalue weighted by molar-refractivity contribution is -0.143. The van der Waals surface area contributed by atoms with Crippen LogP contribution in [0.1, 0.15) is 61.4 Å². The first-order valence-electron chi connectivity index (χ1n) is 10.6. The van der Waals surface area contributed by atoms with E-state index in [0.29, 0.717) is 25.0 Å². The zero-order valence-electron chi connectivity index (χ0n) is 18.2. The molecule has 0 bridgehead atoms. The van der Waals surface area contributed by atoms with Gasteiger partial charge in [-0.2, -0.15) is 0 Å². The zero-order chi connectivity index (χ0) is 22.5. The van der Waals surface area contributed by atoms with E-state index < -0.39 is 0 Å². The predicted molar refractivity (Wildman–Crippen MR) is 117 cm³/mol. The predicted octanol–water partition coefficient (Wildman–Crippen LogP) is 4.93. The van der Waals surface area contributed by atoms with Crippen LogP contribution in [0.25, 0.3) is 0 Å². The molecule has 0 aromatic heterocycles. The first-order chi connectivity index (χ1) is 15.0. The van der Waals surface area contributed by atoms with Crippen LogP contribution >= 0.6 is 0 Å². The molecule has 0 amide bonds. The third-order valence-corrected chi connectivity index (χ3v) is 4.75. The molecule has 31 heavy (non-hydrogen) atoms. The Morgan fingerprint density at radius 3 is 2.10 bits per heavy atom. The van der Waals surface area contributed by atoms with E-state index in [1.807, 2.05) is 12.1 Å². The van der Waals surface area contributed by atoms with Gasteiger partial charge in [0, 0.05) is 19.3 Å². The number of Topliss-reactive ketones (excluding diaryl/α,β-unsaturated/α-hetero) is 1. The number of unbranched alkanes of at least 4 members (excludes halogenated alkanes) is 3. The average molecular weight is 427 g/mol. The van der Waals surface area contributed by atoms with Crippen LogP contribution in [0.4, 0.5) is 0 Å². The van der Waals surface area contributed by atoms with E-state index in [4.69, 9.17) is 14.2 Å². The minimum atomic E-state index is -0.366. The summed E-state index contributed by atoms with van der Waals surface area (Å²) in [5.41, 5.74) is 1.25. The maximum absolute atomic E-state index is 12.7. The van der Waals surface area contributed by atoms with Gasteiger partial charge in [-0.25, -0.2) is 0 Å². The molecule has 6 nitrogen and oxygen atoms in total. The Hall–Kier alpha value is -3.15. The third-order valence-electron chi connectivity index (χ3n) is 4.75. The molecule has 0 fully saturated rings. The summed E-state index contributed by atoms with van der Waals surface area (Å²) in [6.07, 6.45) is 3.97. The van der Waals surface area contributed by atoms with Crippen molar-refractivity contribution in [2.24, 2.45) is 0 Å². The lowest BCUT2D eigenvalue weighted by Crippen LogP contribution is -2.12. The van der Waals surface area contributed by atoms with Crippen molar-refractivity contribution in [3.8, 4) is 11.5 Å². The SMILES string of the molecule is CCOC(=O)CCCCCCC(=O)Oc1ccccc1C(=O)Cc1ccc(OC)cc1. The van der Waals surface area contributed by atoms with E-state index in [-0.39, 0.29) is 36.3 Å². The largest absolute Gasteiger partial charge is 0.497 e. The van der Waals surface area contributed by atoms with Gasteiger partial charge in [0.1, 0.15) is 11.5 Å². The molecular weight excluding hydrogens is 396 g/mol. The Bertz CT molecular complexity index is 857. The van der Waals surface area contributed by atoms with Crippen LogP contribution in [0, 0.1) is 0 Å². The highest BCUT2D eigenvalue weighted by Gasteiger charge is 2.15. The third kappa shape index (κ3) is 8.62. The lowest BCUT2D eigenvalue weighted by Gasteiger charge is -2.10. The average Bonchev–Trinajstić information content (AvgIpc) is 2.77. The Labute approximate surface area is 183 Å². The highest BCUT2D eigenvalue weighted by Crippen LogP contribution is 2.22. The standard InChI is InChI=1S/C25H30O6/c1-3-30-24(27)12-6-4-5-7-13-25(28)31-23-11-9-8-10-21(23)22(26)18-19-14-16-20(29-2)17-15-19/h8-11,14-17H,3-7,12-13,18H2,1-2H3. The number of ether oxygens (including phenoxy) is 3. The fraction of sp³-hybridized carbons (Fsp3) is 0.400. The zero-order valence-corrected chi connectivity index (χ0v) is 18.2. The molecule has 0 atom stereocenters. The molecule has 0 unspecified atom stereocenters. The number of esters is 2. The summed E-state index contributed by atoms with van der Waals surface area (Å²) >= 11 is 0. The summed E-state index contributed by atoms with van der Waals surface area (Å²) < 4.78 is 15.5. The number of carbonyl (C=O) groups is 3. The van der Waals surface area contributed by atoms with Gasteiger partial charge in [-0.15, -0.1) is 0 Å². The molecule has 2 aromatic carbocycles. The van der Waals surface area contributed by atoms with Crippen LogP contribution in [0.2, 0.25) is 0 Å². The molecule has 0 N–H and O–H groups in total. The first kappa shape index (κ1) is 24.1. The molecule has 2 rings (SSSR count). The minimum absolute atomic E-state index is 0.118. The van der Waals surface area contributed by atoms with Gasteiger partial charge >= 0.3 is 11.9 Å². The Morgan fingerprint density at radius 1 is 0.806 bits per heavy atom. The van der Waals surface area contributed by atoms with Gasteiger partial charge in [0.05, 0.1) is 19.3 Å². The summed E-state index contributed by atoms with van der Waals surface area (Å²) in [7, 11) is 1.59. The van der Waals surface area contributed by atoms with E-state index in [1.54, 1.807) is 50.4 Å². The van der Waals surface area contributed by atoms with E-state index in [9.17, 15) is 14.4 Å². The Kier molecular flexibility index (Phi) is 10.3. The van der Waals surface area contributed by atoms with Crippen LogP contribution in [-0.4, -0.2) is 31.4 Å². The summed E-state index contributed by atoms with van der Waals surface area (Å²) in [6.45, 7) is 2.18. The number of benzene rings is 2. The van der Waals surface area contributed by atoms with E-state index in [0.717, 1.165) is 30.6 Å². The molecule has 0 heterocycles. The molecular formula is C25H30O6. The number of carbonyl (C=O) groups excluding carboxylic acids is 3. The summed E-state index contributed by atoms with van der Waals surface area (Å²) in [6, 6.07) is 14.1. The van der Waals surface area contributed by atoms with Crippen LogP contribution in [0.3, 0.4) is 0 Å². The van der Waals surface area contributed by atoms with E-state index >= 15 is 0 Å². The molecule has 0 aliphatic heterocycles. The van der Waals surface area contributed by atoms with Crippen molar-refractivity contribution in [1.82, 2.24) is 0 Å². The molecule has 0 radical (unpaired) electrons. The van der Waals surface area contributed by atoms with Crippen LogP contribution < -0.4 is 9.47 Å². The summed E-state index contributed by atoms with van der Waals surface area (Å²) in [4.78, 5) is 36.3. The maximum Gasteiger partial charge on any atom is 0.311 e. The summed E-state index contributed by atoms with van der Waals surface area (Å²) in [5, 5.41) is 0. The first-order valence-corrected chi connectivity index (χ1v) is 10.6. The number of hydrogen-bond donors (Lipinski definition) is 0. The molecule has 6 heteroatoms. The highest BCUT2D eigenvalue weighted by atomic mass is 16.5. The number of hydrogen-bond acceptors (Lipinski definition) is 6. The second-order valence-electron chi connectivity index (χ2n) is 7.14. The van der Waals surface area contributed by atoms with Crippen molar-refractivity contribution >= 4 is 17.7 Å². The van der Waals surface area contributed by atoms with Crippen LogP contribution in [0.5, 0.6) is 11.5 Å². The Morgan fingerprint density at radius 2 is 1.45 bits per heavy atom. The van der Waals surface area contributed by atoms with Crippen molar-refractivity contribution in [2.75, 3.05) is 13.7 Å². The normalized spacial score (nSPS) is 10.4. The number of ketones is 1. The fourth-order valence-electron chi connectivity index (χ4n) is 3.11. The van der Waals surface area contributed by atoms with Crippen molar-refractivity contribution in [2.45, 2.75) is 51.9 Å². The lowest BCUT2D eigenvalue weighted by atomic mass is 10.0. The maximum atomic E-state index is 12.7. The van der Waals surface area contributed by atoms with Gasteiger partial charge in [0.25, 0.3) is 0 Å². The van der Waals surface area contributed by atoms with Gasteiger partial charge in [0.15, 0.2) is 5.78 Å². The number of rotatable bonds is 13. The second kappa shape index (κ2) is 13.2. The monoisotopic (exact) mass is 426 g/mol. The Balaban J connectivity index is 1.80.